The third kappa shape index (κ3) is 6.35. The van der Waals surface area contributed by atoms with Crippen molar-refractivity contribution < 1.29 is 22.7 Å². The Morgan fingerprint density at radius 1 is 1.21 bits per heavy atom. The summed E-state index contributed by atoms with van der Waals surface area (Å²) in [6, 6.07) is 3.65. The molecule has 1 aromatic carbocycles. The Bertz CT molecular complexity index is 1120. The van der Waals surface area contributed by atoms with Gasteiger partial charge < -0.3 is 20.3 Å². The van der Waals surface area contributed by atoms with Crippen molar-refractivity contribution in [3.63, 3.8) is 0 Å². The number of carbonyl (C=O) groups excluding carboxylic acids is 1. The average Bonchev–Trinajstić information content (AvgIpc) is 3.16. The first-order valence-corrected chi connectivity index (χ1v) is 11.7. The second-order valence-electron chi connectivity index (χ2n) is 8.04. The number of amides is 1. The minimum atomic E-state index is -1.34. The zero-order valence-electron chi connectivity index (χ0n) is 19.3. The van der Waals surface area contributed by atoms with Gasteiger partial charge in [-0.2, -0.15) is 0 Å². The van der Waals surface area contributed by atoms with Gasteiger partial charge in [-0.05, 0) is 58.1 Å². The van der Waals surface area contributed by atoms with Crippen LogP contribution in [0.4, 0.5) is 24.7 Å². The number of hydrogen-bond acceptors (Lipinski definition) is 7. The molecule has 0 aliphatic rings. The third-order valence-corrected chi connectivity index (χ3v) is 6.28. The Morgan fingerprint density at radius 2 is 1.97 bits per heavy atom. The second kappa shape index (κ2) is 12.0. The molecule has 0 spiro atoms. The van der Waals surface area contributed by atoms with Gasteiger partial charge >= 0.3 is 0 Å². The number of thiophene rings is 1. The summed E-state index contributed by atoms with van der Waals surface area (Å²) >= 11 is 1.25. The number of nitrogens with one attached hydrogen (secondary N) is 2. The van der Waals surface area contributed by atoms with Crippen LogP contribution < -0.4 is 15.4 Å². The van der Waals surface area contributed by atoms with Gasteiger partial charge in [-0.15, -0.1) is 11.3 Å². The number of alkyl halides is 2. The van der Waals surface area contributed by atoms with Crippen molar-refractivity contribution in [2.24, 2.45) is 0 Å². The van der Waals surface area contributed by atoms with Crippen LogP contribution in [0.25, 0.3) is 10.2 Å². The standard InChI is InChI=1S/C23H28F3N5O2S/c1-14-19-21(30-17-7-6-15(26)10-18(17)33-16(11-24)12-25)28-13-29-23(19)34-20(14)22(32)27-8-4-5-9-31(2)3/h6-7,10,13,16H,4-5,8-9,11-12H2,1-3H3,(H,27,32)(H,28,29,30). The molecule has 0 unspecified atom stereocenters. The lowest BCUT2D eigenvalue weighted by molar-refractivity contribution is 0.0956. The van der Waals surface area contributed by atoms with Crippen molar-refractivity contribution in [1.82, 2.24) is 20.2 Å². The quantitative estimate of drug-likeness (QED) is 0.357. The number of aromatic nitrogens is 2. The fourth-order valence-electron chi connectivity index (χ4n) is 3.33. The van der Waals surface area contributed by atoms with E-state index in [1.165, 1.54) is 29.8 Å². The molecule has 0 aliphatic carbocycles. The normalized spacial score (nSPS) is 11.4. The number of carbonyl (C=O) groups is 1. The molecule has 184 valence electrons. The summed E-state index contributed by atoms with van der Waals surface area (Å²) in [6.07, 6.45) is 1.85. The van der Waals surface area contributed by atoms with Gasteiger partial charge in [-0.3, -0.25) is 4.79 Å². The van der Waals surface area contributed by atoms with E-state index in [2.05, 4.69) is 25.5 Å². The van der Waals surface area contributed by atoms with Crippen LogP contribution in [0.3, 0.4) is 0 Å². The third-order valence-electron chi connectivity index (χ3n) is 5.09. The summed E-state index contributed by atoms with van der Waals surface area (Å²) in [7, 11) is 4.01. The summed E-state index contributed by atoms with van der Waals surface area (Å²) in [5, 5.41) is 6.62. The Labute approximate surface area is 200 Å². The first-order valence-electron chi connectivity index (χ1n) is 10.9. The molecule has 3 aromatic rings. The van der Waals surface area contributed by atoms with Crippen molar-refractivity contribution in [2.75, 3.05) is 45.9 Å². The highest BCUT2D eigenvalue weighted by Crippen LogP contribution is 2.36. The Balaban J connectivity index is 1.83. The second-order valence-corrected chi connectivity index (χ2v) is 9.04. The summed E-state index contributed by atoms with van der Waals surface area (Å²) < 4.78 is 45.0. The van der Waals surface area contributed by atoms with Crippen molar-refractivity contribution in [3.05, 3.63) is 40.8 Å². The smallest absolute Gasteiger partial charge is 0.261 e. The Morgan fingerprint density at radius 3 is 2.68 bits per heavy atom. The Kier molecular flexibility index (Phi) is 9.05. The fourth-order valence-corrected chi connectivity index (χ4v) is 4.39. The number of hydrogen-bond donors (Lipinski definition) is 2. The Hall–Kier alpha value is -2.92. The van der Waals surface area contributed by atoms with Crippen LogP contribution in [0.5, 0.6) is 5.75 Å². The monoisotopic (exact) mass is 495 g/mol. The van der Waals surface area contributed by atoms with E-state index < -0.39 is 25.3 Å². The number of ether oxygens (including phenoxy) is 1. The molecule has 7 nitrogen and oxygen atoms in total. The van der Waals surface area contributed by atoms with Crippen LogP contribution >= 0.6 is 11.3 Å². The topological polar surface area (TPSA) is 79.4 Å². The van der Waals surface area contributed by atoms with Gasteiger partial charge in [0.2, 0.25) is 0 Å². The van der Waals surface area contributed by atoms with E-state index in [4.69, 9.17) is 4.74 Å². The molecule has 0 radical (unpaired) electrons. The van der Waals surface area contributed by atoms with Crippen molar-refractivity contribution in [2.45, 2.75) is 25.9 Å². The molecule has 2 N–H and O–H groups in total. The van der Waals surface area contributed by atoms with Crippen LogP contribution in [0.2, 0.25) is 0 Å². The zero-order valence-corrected chi connectivity index (χ0v) is 20.1. The number of unbranched alkanes of at least 4 members (excludes halogenated alkanes) is 1. The van der Waals surface area contributed by atoms with E-state index >= 15 is 0 Å². The first-order chi connectivity index (χ1) is 16.3. The number of rotatable bonds is 12. The summed E-state index contributed by atoms with van der Waals surface area (Å²) in [5.74, 6) is -0.468. The first kappa shape index (κ1) is 25.7. The van der Waals surface area contributed by atoms with Crippen molar-refractivity contribution in [1.29, 1.82) is 0 Å². The fraction of sp³-hybridized carbons (Fsp3) is 0.435. The minimum Gasteiger partial charge on any atom is -0.483 e. The summed E-state index contributed by atoms with van der Waals surface area (Å²) in [6.45, 7) is 1.22. The van der Waals surface area contributed by atoms with Crippen LogP contribution in [0.1, 0.15) is 28.1 Å². The maximum atomic E-state index is 13.8. The van der Waals surface area contributed by atoms with Crippen molar-refractivity contribution >= 4 is 39.0 Å². The van der Waals surface area contributed by atoms with Crippen molar-refractivity contribution in [3.8, 4) is 5.75 Å². The number of anilines is 2. The molecule has 0 aliphatic heterocycles. The molecule has 3 rings (SSSR count). The lowest BCUT2D eigenvalue weighted by Crippen LogP contribution is -2.25. The average molecular weight is 496 g/mol. The molecular weight excluding hydrogens is 467 g/mol. The number of nitrogens with zero attached hydrogens (tertiary/aromatic N) is 3. The van der Waals surface area contributed by atoms with Gasteiger partial charge in [-0.25, -0.2) is 23.1 Å². The van der Waals surface area contributed by atoms with Gasteiger partial charge in [0.1, 0.15) is 41.9 Å². The molecule has 0 saturated heterocycles. The van der Waals surface area contributed by atoms with E-state index in [1.54, 1.807) is 6.92 Å². The lowest BCUT2D eigenvalue weighted by Gasteiger charge is -2.17. The van der Waals surface area contributed by atoms with Gasteiger partial charge in [-0.1, -0.05) is 0 Å². The minimum absolute atomic E-state index is 0.0457. The van der Waals surface area contributed by atoms with Crippen LogP contribution in [-0.2, 0) is 0 Å². The van der Waals surface area contributed by atoms with E-state index in [1.807, 2.05) is 14.1 Å². The molecule has 11 heteroatoms. The highest BCUT2D eigenvalue weighted by molar-refractivity contribution is 7.20. The van der Waals surface area contributed by atoms with Crippen LogP contribution in [0.15, 0.2) is 24.5 Å². The number of aryl methyl sites for hydroxylation is 1. The van der Waals surface area contributed by atoms with E-state index in [0.717, 1.165) is 25.5 Å². The zero-order chi connectivity index (χ0) is 24.7. The SMILES string of the molecule is Cc1c(C(=O)NCCCCN(C)C)sc2ncnc(Nc3ccc(F)cc3OC(CF)CF)c12. The molecule has 0 fully saturated rings. The lowest BCUT2D eigenvalue weighted by atomic mass is 10.2. The summed E-state index contributed by atoms with van der Waals surface area (Å²) in [4.78, 5) is 24.5. The van der Waals surface area contributed by atoms with Gasteiger partial charge in [0.25, 0.3) is 5.91 Å². The molecule has 34 heavy (non-hydrogen) atoms. The molecule has 0 atom stereocenters. The number of halogens is 3. The highest BCUT2D eigenvalue weighted by atomic mass is 32.1. The predicted octanol–water partition coefficient (Wildman–Crippen LogP) is 4.64. The largest absolute Gasteiger partial charge is 0.483 e. The van der Waals surface area contributed by atoms with Crippen LogP contribution in [-0.4, -0.2) is 67.4 Å². The number of fused-ring (bicyclic) bond motifs is 1. The molecule has 1 amide bonds. The molecule has 2 aromatic heterocycles. The van der Waals surface area contributed by atoms with Gasteiger partial charge in [0, 0.05) is 12.6 Å². The number of benzene rings is 1. The van der Waals surface area contributed by atoms with Gasteiger partial charge in [0.15, 0.2) is 6.10 Å². The molecule has 0 saturated carbocycles. The van der Waals surface area contributed by atoms with Gasteiger partial charge in [0.05, 0.1) is 16.0 Å². The highest BCUT2D eigenvalue weighted by Gasteiger charge is 2.21. The predicted molar refractivity (Wildman–Crippen MR) is 128 cm³/mol. The molecular formula is C23H28F3N5O2S. The van der Waals surface area contributed by atoms with Crippen LogP contribution in [0, 0.1) is 12.7 Å². The molecule has 0 bridgehead atoms. The molecule has 2 heterocycles. The van der Waals surface area contributed by atoms with E-state index in [-0.39, 0.29) is 17.3 Å². The summed E-state index contributed by atoms with van der Waals surface area (Å²) in [5.41, 5.74) is 0.981. The van der Waals surface area contributed by atoms with E-state index in [9.17, 15) is 18.0 Å². The maximum absolute atomic E-state index is 13.8. The maximum Gasteiger partial charge on any atom is 0.261 e. The van der Waals surface area contributed by atoms with E-state index in [0.29, 0.717) is 33.0 Å².